The van der Waals surface area contributed by atoms with Gasteiger partial charge in [-0.2, -0.15) is 5.10 Å². The standard InChI is InChI=1S/C22H25ClN4/c1-27(2)19-9-5-17(6-10-19)22-20(15-11-13-24-14-12-15)21(25-26-22)16-3-7-18(23)8-4-16/h3-4,7-8,11-14,17,19H,5-6,9-10H2,1-2H3,(H,25,26). The molecule has 0 unspecified atom stereocenters. The van der Waals surface area contributed by atoms with Gasteiger partial charge < -0.3 is 4.90 Å². The Bertz CT molecular complexity index is 878. The van der Waals surface area contributed by atoms with Crippen LogP contribution < -0.4 is 0 Å². The largest absolute Gasteiger partial charge is 0.306 e. The highest BCUT2D eigenvalue weighted by Crippen LogP contribution is 2.42. The van der Waals surface area contributed by atoms with Crippen LogP contribution in [0.25, 0.3) is 22.4 Å². The first-order chi connectivity index (χ1) is 13.1. The summed E-state index contributed by atoms with van der Waals surface area (Å²) in [7, 11) is 4.37. The average Bonchev–Trinajstić information content (AvgIpc) is 3.14. The summed E-state index contributed by atoms with van der Waals surface area (Å²) < 4.78 is 0. The van der Waals surface area contributed by atoms with Crippen LogP contribution in [-0.2, 0) is 0 Å². The average molecular weight is 381 g/mol. The maximum atomic E-state index is 6.08. The Labute approximate surface area is 165 Å². The molecule has 0 radical (unpaired) electrons. The van der Waals surface area contributed by atoms with Crippen LogP contribution in [0, 0.1) is 0 Å². The van der Waals surface area contributed by atoms with E-state index in [1.807, 2.05) is 36.7 Å². The van der Waals surface area contributed by atoms with E-state index in [0.29, 0.717) is 12.0 Å². The molecule has 140 valence electrons. The zero-order valence-corrected chi connectivity index (χ0v) is 16.6. The van der Waals surface area contributed by atoms with Gasteiger partial charge >= 0.3 is 0 Å². The summed E-state index contributed by atoms with van der Waals surface area (Å²) in [5, 5.41) is 8.84. The number of aromatic nitrogens is 3. The Morgan fingerprint density at radius 3 is 2.22 bits per heavy atom. The van der Waals surface area contributed by atoms with Gasteiger partial charge in [-0.25, -0.2) is 0 Å². The van der Waals surface area contributed by atoms with Gasteiger partial charge in [-0.15, -0.1) is 0 Å². The molecule has 5 heteroatoms. The topological polar surface area (TPSA) is 44.8 Å². The molecule has 2 heterocycles. The Morgan fingerprint density at radius 2 is 1.59 bits per heavy atom. The fourth-order valence-corrected chi connectivity index (χ4v) is 4.29. The lowest BCUT2D eigenvalue weighted by atomic mass is 9.81. The van der Waals surface area contributed by atoms with E-state index in [0.717, 1.165) is 21.8 Å². The van der Waals surface area contributed by atoms with E-state index in [1.165, 1.54) is 36.9 Å². The van der Waals surface area contributed by atoms with E-state index in [2.05, 4.69) is 41.2 Å². The molecular weight excluding hydrogens is 356 g/mol. The first-order valence-electron chi connectivity index (χ1n) is 9.54. The number of halogens is 1. The molecule has 27 heavy (non-hydrogen) atoms. The number of hydrogen-bond acceptors (Lipinski definition) is 3. The van der Waals surface area contributed by atoms with Crippen LogP contribution in [0.4, 0.5) is 0 Å². The molecule has 2 aromatic heterocycles. The molecular formula is C22H25ClN4. The molecule has 1 fully saturated rings. The van der Waals surface area contributed by atoms with Crippen LogP contribution in [-0.4, -0.2) is 40.2 Å². The summed E-state index contributed by atoms with van der Waals surface area (Å²) in [5.41, 5.74) is 5.68. The fourth-order valence-electron chi connectivity index (χ4n) is 4.16. The van der Waals surface area contributed by atoms with Crippen molar-refractivity contribution >= 4 is 11.6 Å². The molecule has 0 spiro atoms. The van der Waals surface area contributed by atoms with Crippen molar-refractivity contribution in [3.63, 3.8) is 0 Å². The van der Waals surface area contributed by atoms with Gasteiger partial charge in [0.05, 0.1) is 0 Å². The summed E-state index contributed by atoms with van der Waals surface area (Å²) in [5.74, 6) is 0.512. The summed E-state index contributed by atoms with van der Waals surface area (Å²) in [6.45, 7) is 0. The fraction of sp³-hybridized carbons (Fsp3) is 0.364. The van der Waals surface area contributed by atoms with Crippen LogP contribution in [0.3, 0.4) is 0 Å². The summed E-state index contributed by atoms with van der Waals surface area (Å²) in [6.07, 6.45) is 8.51. The van der Waals surface area contributed by atoms with Crippen molar-refractivity contribution in [1.82, 2.24) is 20.1 Å². The second kappa shape index (κ2) is 7.83. The quantitative estimate of drug-likeness (QED) is 0.660. The van der Waals surface area contributed by atoms with Gasteiger partial charge in [0, 0.05) is 46.2 Å². The maximum Gasteiger partial charge on any atom is 0.100 e. The van der Waals surface area contributed by atoms with Crippen molar-refractivity contribution in [2.45, 2.75) is 37.6 Å². The third kappa shape index (κ3) is 3.78. The van der Waals surface area contributed by atoms with Crippen molar-refractivity contribution in [3.8, 4) is 22.4 Å². The lowest BCUT2D eigenvalue weighted by Gasteiger charge is -2.32. The van der Waals surface area contributed by atoms with E-state index < -0.39 is 0 Å². The molecule has 1 aliphatic carbocycles. The van der Waals surface area contributed by atoms with Crippen molar-refractivity contribution in [2.24, 2.45) is 0 Å². The van der Waals surface area contributed by atoms with Crippen LogP contribution in [0.2, 0.25) is 5.02 Å². The highest BCUT2D eigenvalue weighted by atomic mass is 35.5. The van der Waals surface area contributed by atoms with E-state index >= 15 is 0 Å². The normalized spacial score (nSPS) is 20.1. The molecule has 0 saturated heterocycles. The molecule has 1 N–H and O–H groups in total. The summed E-state index contributed by atoms with van der Waals surface area (Å²) in [6, 6.07) is 12.7. The Hall–Kier alpha value is -2.17. The molecule has 1 aliphatic rings. The monoisotopic (exact) mass is 380 g/mol. The molecule has 0 amide bonds. The number of rotatable bonds is 4. The first-order valence-corrected chi connectivity index (χ1v) is 9.92. The third-order valence-corrected chi connectivity index (χ3v) is 5.97. The third-order valence-electron chi connectivity index (χ3n) is 5.72. The predicted octanol–water partition coefficient (Wildman–Crippen LogP) is 5.38. The number of H-pyrrole nitrogens is 1. The SMILES string of the molecule is CN(C)C1CCC(c2[nH]nc(-c3ccc(Cl)cc3)c2-c2ccncc2)CC1. The predicted molar refractivity (Wildman–Crippen MR) is 111 cm³/mol. The summed E-state index contributed by atoms with van der Waals surface area (Å²) >= 11 is 6.08. The Kier molecular flexibility index (Phi) is 5.28. The first kappa shape index (κ1) is 18.2. The second-order valence-corrected chi connectivity index (χ2v) is 8.01. The minimum Gasteiger partial charge on any atom is -0.306 e. The van der Waals surface area contributed by atoms with Crippen molar-refractivity contribution in [2.75, 3.05) is 14.1 Å². The van der Waals surface area contributed by atoms with Gasteiger partial charge in [0.2, 0.25) is 0 Å². The zero-order chi connectivity index (χ0) is 18.8. The van der Waals surface area contributed by atoms with Gasteiger partial charge in [-0.05, 0) is 69.6 Å². The molecule has 0 aliphatic heterocycles. The van der Waals surface area contributed by atoms with Crippen LogP contribution in [0.15, 0.2) is 48.8 Å². The number of benzene rings is 1. The molecule has 0 bridgehead atoms. The van der Waals surface area contributed by atoms with Crippen molar-refractivity contribution < 1.29 is 0 Å². The molecule has 1 aromatic carbocycles. The minimum absolute atomic E-state index is 0.512. The van der Waals surface area contributed by atoms with E-state index in [9.17, 15) is 0 Å². The molecule has 3 aromatic rings. The number of aromatic amines is 1. The number of nitrogens with zero attached hydrogens (tertiary/aromatic N) is 3. The number of pyridine rings is 1. The van der Waals surface area contributed by atoms with Gasteiger partial charge in [0.1, 0.15) is 5.69 Å². The van der Waals surface area contributed by atoms with Gasteiger partial charge in [0.15, 0.2) is 0 Å². The van der Waals surface area contributed by atoms with Crippen molar-refractivity contribution in [3.05, 3.63) is 59.5 Å². The molecule has 1 saturated carbocycles. The summed E-state index contributed by atoms with van der Waals surface area (Å²) in [4.78, 5) is 6.54. The highest BCUT2D eigenvalue weighted by molar-refractivity contribution is 6.30. The van der Waals surface area contributed by atoms with E-state index in [4.69, 9.17) is 16.7 Å². The highest BCUT2D eigenvalue weighted by Gasteiger charge is 2.28. The van der Waals surface area contributed by atoms with E-state index in [1.54, 1.807) is 0 Å². The Balaban J connectivity index is 1.73. The molecule has 0 atom stereocenters. The van der Waals surface area contributed by atoms with Crippen molar-refractivity contribution in [1.29, 1.82) is 0 Å². The van der Waals surface area contributed by atoms with Crippen LogP contribution in [0.1, 0.15) is 37.3 Å². The number of nitrogens with one attached hydrogen (secondary N) is 1. The molecule has 4 rings (SSSR count). The Morgan fingerprint density at radius 1 is 0.926 bits per heavy atom. The van der Waals surface area contributed by atoms with Gasteiger partial charge in [-0.3, -0.25) is 10.1 Å². The smallest absolute Gasteiger partial charge is 0.100 e. The molecule has 4 nitrogen and oxygen atoms in total. The van der Waals surface area contributed by atoms with E-state index in [-0.39, 0.29) is 0 Å². The van der Waals surface area contributed by atoms with Gasteiger partial charge in [0.25, 0.3) is 0 Å². The lowest BCUT2D eigenvalue weighted by molar-refractivity contribution is 0.215. The maximum absolute atomic E-state index is 6.08. The lowest BCUT2D eigenvalue weighted by Crippen LogP contribution is -2.31. The van der Waals surface area contributed by atoms with Gasteiger partial charge in [-0.1, -0.05) is 23.7 Å². The van der Waals surface area contributed by atoms with Crippen LogP contribution in [0.5, 0.6) is 0 Å². The zero-order valence-electron chi connectivity index (χ0n) is 15.8. The van der Waals surface area contributed by atoms with Crippen LogP contribution >= 0.6 is 11.6 Å². The minimum atomic E-state index is 0.512. The number of hydrogen-bond donors (Lipinski definition) is 1. The second-order valence-electron chi connectivity index (χ2n) is 7.57.